The predicted octanol–water partition coefficient (Wildman–Crippen LogP) is 4.78. The predicted molar refractivity (Wildman–Crippen MR) is 102 cm³/mol. The molecule has 0 aromatic heterocycles. The maximum atomic E-state index is 6.80. The molecule has 1 saturated heterocycles. The van der Waals surface area contributed by atoms with Gasteiger partial charge >= 0.3 is 0 Å². The van der Waals surface area contributed by atoms with Crippen molar-refractivity contribution < 1.29 is 9.47 Å². The van der Waals surface area contributed by atoms with Crippen molar-refractivity contribution in [3.8, 4) is 11.5 Å². The van der Waals surface area contributed by atoms with Crippen LogP contribution in [0.1, 0.15) is 33.6 Å². The summed E-state index contributed by atoms with van der Waals surface area (Å²) >= 11 is 0. The van der Waals surface area contributed by atoms with Crippen LogP contribution in [-0.2, 0) is 0 Å². The molecule has 2 aromatic carbocycles. The summed E-state index contributed by atoms with van der Waals surface area (Å²) in [6, 6.07) is 10.3. The summed E-state index contributed by atoms with van der Waals surface area (Å²) in [5.74, 6) is 1.51. The van der Waals surface area contributed by atoms with E-state index in [1.165, 1.54) is 6.42 Å². The second-order valence-corrected chi connectivity index (χ2v) is 7.83. The standard InChI is InChI=1S/C21H26N2O2/c1-14-21(20(2,3)11-8-12-23(21)4)25-19-17(24-5)13-15-9-6-7-10-16(15)18(19)22-14/h6-7,9-10,13H,8,11-12H2,1-5H3. The second kappa shape index (κ2) is 5.46. The topological polar surface area (TPSA) is 34.1 Å². The van der Waals surface area contributed by atoms with Gasteiger partial charge in [0.05, 0.1) is 12.8 Å². The largest absolute Gasteiger partial charge is 0.493 e. The van der Waals surface area contributed by atoms with Gasteiger partial charge in [0, 0.05) is 17.3 Å². The Labute approximate surface area is 149 Å². The molecule has 1 unspecified atom stereocenters. The fraction of sp³-hybridized carbons (Fsp3) is 0.476. The lowest BCUT2D eigenvalue weighted by Gasteiger charge is -2.55. The third-order valence-electron chi connectivity index (χ3n) is 5.93. The molecule has 4 rings (SSSR count). The third-order valence-corrected chi connectivity index (χ3v) is 5.93. The van der Waals surface area contributed by atoms with Crippen LogP contribution in [0.2, 0.25) is 0 Å². The summed E-state index contributed by atoms with van der Waals surface area (Å²) in [5.41, 5.74) is 1.33. The molecule has 0 radical (unpaired) electrons. The first-order chi connectivity index (χ1) is 11.9. The first-order valence-corrected chi connectivity index (χ1v) is 8.96. The maximum absolute atomic E-state index is 6.80. The third kappa shape index (κ3) is 2.13. The van der Waals surface area contributed by atoms with E-state index in [-0.39, 0.29) is 5.41 Å². The molecule has 4 heteroatoms. The van der Waals surface area contributed by atoms with Crippen LogP contribution in [0.25, 0.3) is 10.8 Å². The highest BCUT2D eigenvalue weighted by molar-refractivity contribution is 6.04. The number of benzene rings is 2. The lowest BCUT2D eigenvalue weighted by Crippen LogP contribution is -2.68. The van der Waals surface area contributed by atoms with Crippen LogP contribution in [0.4, 0.5) is 5.69 Å². The summed E-state index contributed by atoms with van der Waals surface area (Å²) in [7, 11) is 3.83. The number of aliphatic imine (C=N–C) groups is 1. The molecule has 25 heavy (non-hydrogen) atoms. The highest BCUT2D eigenvalue weighted by atomic mass is 16.5. The van der Waals surface area contributed by atoms with E-state index in [1.807, 2.05) is 18.2 Å². The van der Waals surface area contributed by atoms with E-state index in [4.69, 9.17) is 14.5 Å². The van der Waals surface area contributed by atoms with Crippen LogP contribution < -0.4 is 9.47 Å². The van der Waals surface area contributed by atoms with Crippen LogP contribution in [0.15, 0.2) is 35.3 Å². The summed E-state index contributed by atoms with van der Waals surface area (Å²) in [4.78, 5) is 7.39. The highest BCUT2D eigenvalue weighted by Gasteiger charge is 2.56. The van der Waals surface area contributed by atoms with Gasteiger partial charge in [0.25, 0.3) is 0 Å². The number of piperidine rings is 1. The smallest absolute Gasteiger partial charge is 0.207 e. The molecule has 1 atom stereocenters. The van der Waals surface area contributed by atoms with Crippen LogP contribution in [0, 0.1) is 5.41 Å². The maximum Gasteiger partial charge on any atom is 0.207 e. The molecule has 1 fully saturated rings. The average Bonchev–Trinajstić information content (AvgIpc) is 2.59. The van der Waals surface area contributed by atoms with Gasteiger partial charge in [-0.25, -0.2) is 4.99 Å². The first kappa shape index (κ1) is 16.4. The van der Waals surface area contributed by atoms with Crippen molar-refractivity contribution >= 4 is 22.2 Å². The molecule has 132 valence electrons. The van der Waals surface area contributed by atoms with Gasteiger partial charge in [-0.2, -0.15) is 0 Å². The number of ether oxygens (including phenoxy) is 2. The Morgan fingerprint density at radius 3 is 2.72 bits per heavy atom. The van der Waals surface area contributed by atoms with Crippen LogP contribution in [-0.4, -0.2) is 37.0 Å². The van der Waals surface area contributed by atoms with Crippen LogP contribution in [0.3, 0.4) is 0 Å². The van der Waals surface area contributed by atoms with Crippen molar-refractivity contribution in [2.45, 2.75) is 39.3 Å². The molecular formula is C21H26N2O2. The molecule has 4 nitrogen and oxygen atoms in total. The van der Waals surface area contributed by atoms with E-state index in [2.05, 4.69) is 44.9 Å². The van der Waals surface area contributed by atoms with E-state index < -0.39 is 5.72 Å². The first-order valence-electron chi connectivity index (χ1n) is 8.96. The molecule has 0 amide bonds. The van der Waals surface area contributed by atoms with Crippen molar-refractivity contribution in [2.75, 3.05) is 20.7 Å². The van der Waals surface area contributed by atoms with Gasteiger partial charge in [0.15, 0.2) is 11.5 Å². The second-order valence-electron chi connectivity index (χ2n) is 7.83. The normalized spacial score (nSPS) is 25.4. The van der Waals surface area contributed by atoms with E-state index in [0.717, 1.165) is 46.6 Å². The quantitative estimate of drug-likeness (QED) is 0.750. The SMILES string of the molecule is COc1cc2ccccc2c2c1OC1(C(C)=N2)N(C)CCCC1(C)C. The van der Waals surface area contributed by atoms with Gasteiger partial charge in [-0.3, -0.25) is 4.90 Å². The molecule has 2 aromatic rings. The van der Waals surface area contributed by atoms with Crippen molar-refractivity contribution in [1.82, 2.24) is 4.90 Å². The fourth-order valence-corrected chi connectivity index (χ4v) is 4.69. The Morgan fingerprint density at radius 2 is 2.00 bits per heavy atom. The van der Waals surface area contributed by atoms with Crippen molar-refractivity contribution in [3.63, 3.8) is 0 Å². The minimum atomic E-state index is -0.534. The number of nitrogens with zero attached hydrogens (tertiary/aromatic N) is 2. The van der Waals surface area contributed by atoms with Gasteiger partial charge in [-0.15, -0.1) is 0 Å². The number of methoxy groups -OCH3 is 1. The molecule has 2 aliphatic rings. The lowest BCUT2D eigenvalue weighted by molar-refractivity contribution is -0.127. The van der Waals surface area contributed by atoms with Crippen LogP contribution in [0.5, 0.6) is 11.5 Å². The Kier molecular flexibility index (Phi) is 3.58. The lowest BCUT2D eigenvalue weighted by atomic mass is 9.71. The van der Waals surface area contributed by atoms with Crippen molar-refractivity contribution in [1.29, 1.82) is 0 Å². The Hall–Kier alpha value is -2.07. The summed E-state index contributed by atoms with van der Waals surface area (Å²) in [6.45, 7) is 7.66. The Morgan fingerprint density at radius 1 is 1.24 bits per heavy atom. The molecule has 2 heterocycles. The Bertz CT molecular complexity index is 872. The van der Waals surface area contributed by atoms with Crippen molar-refractivity contribution in [2.24, 2.45) is 10.4 Å². The van der Waals surface area contributed by atoms with E-state index in [9.17, 15) is 0 Å². The van der Waals surface area contributed by atoms with Crippen LogP contribution >= 0.6 is 0 Å². The number of hydrogen-bond donors (Lipinski definition) is 0. The summed E-state index contributed by atoms with van der Waals surface area (Å²) in [5, 5.41) is 2.22. The average molecular weight is 338 g/mol. The summed E-state index contributed by atoms with van der Waals surface area (Å²) in [6.07, 6.45) is 2.28. The van der Waals surface area contributed by atoms with E-state index in [0.29, 0.717) is 0 Å². The number of fused-ring (bicyclic) bond motifs is 3. The van der Waals surface area contributed by atoms with Gasteiger partial charge in [-0.1, -0.05) is 38.1 Å². The molecule has 0 saturated carbocycles. The van der Waals surface area contributed by atoms with E-state index >= 15 is 0 Å². The Balaban J connectivity index is 2.00. The molecule has 1 spiro atoms. The zero-order chi connectivity index (χ0) is 17.8. The van der Waals surface area contributed by atoms with Gasteiger partial charge in [-0.05, 0) is 38.3 Å². The van der Waals surface area contributed by atoms with Crippen molar-refractivity contribution in [3.05, 3.63) is 30.3 Å². The number of likely N-dealkylation sites (tertiary alicyclic amines) is 1. The minimum Gasteiger partial charge on any atom is -0.493 e. The molecule has 0 aliphatic carbocycles. The molecule has 0 bridgehead atoms. The van der Waals surface area contributed by atoms with Gasteiger partial charge < -0.3 is 9.47 Å². The highest BCUT2D eigenvalue weighted by Crippen LogP contribution is 2.54. The molecule has 0 N–H and O–H groups in total. The zero-order valence-corrected chi connectivity index (χ0v) is 15.7. The monoisotopic (exact) mass is 338 g/mol. The minimum absolute atomic E-state index is 0.0398. The number of hydrogen-bond acceptors (Lipinski definition) is 4. The van der Waals surface area contributed by atoms with Gasteiger partial charge in [0.2, 0.25) is 5.72 Å². The fourth-order valence-electron chi connectivity index (χ4n) is 4.69. The molecule has 2 aliphatic heterocycles. The number of rotatable bonds is 1. The van der Waals surface area contributed by atoms with Gasteiger partial charge in [0.1, 0.15) is 5.69 Å². The van der Waals surface area contributed by atoms with E-state index in [1.54, 1.807) is 7.11 Å². The molecular weight excluding hydrogens is 312 g/mol. The zero-order valence-electron chi connectivity index (χ0n) is 15.7. The summed E-state index contributed by atoms with van der Waals surface area (Å²) < 4.78 is 12.5.